The summed E-state index contributed by atoms with van der Waals surface area (Å²) >= 11 is 3.37. The first-order valence-corrected chi connectivity index (χ1v) is 6.51. The van der Waals surface area contributed by atoms with Gasteiger partial charge in [0, 0.05) is 21.7 Å². The molecule has 0 saturated carbocycles. The van der Waals surface area contributed by atoms with E-state index in [0.717, 1.165) is 9.99 Å². The Morgan fingerprint density at radius 1 is 1.06 bits per heavy atom. The fourth-order valence-electron chi connectivity index (χ4n) is 2.13. The van der Waals surface area contributed by atoms with Gasteiger partial charge in [-0.1, -0.05) is 34.1 Å². The number of rotatable bonds is 2. The summed E-state index contributed by atoms with van der Waals surface area (Å²) in [6, 6.07) is 15.2. The van der Waals surface area contributed by atoms with Crippen LogP contribution in [0.3, 0.4) is 0 Å². The summed E-state index contributed by atoms with van der Waals surface area (Å²) in [5.74, 6) is -0.170. The molecular weight excluding hydrogens is 293 g/mol. The molecule has 0 aliphatic rings. The van der Waals surface area contributed by atoms with Crippen LogP contribution in [0, 0.1) is 5.82 Å². The van der Waals surface area contributed by atoms with Crippen LogP contribution < -0.4 is 0 Å². The number of para-hydroxylation sites is 1. The second-order valence-electron chi connectivity index (χ2n) is 4.24. The maximum atomic E-state index is 13.7. The molecule has 0 spiro atoms. The second kappa shape index (κ2) is 4.58. The van der Waals surface area contributed by atoms with Crippen molar-refractivity contribution in [3.8, 4) is 0 Å². The summed E-state index contributed by atoms with van der Waals surface area (Å²) < 4.78 is 16.7. The predicted molar refractivity (Wildman–Crippen MR) is 75.1 cm³/mol. The molecule has 3 aromatic rings. The quantitative estimate of drug-likeness (QED) is 0.652. The zero-order chi connectivity index (χ0) is 12.5. The maximum Gasteiger partial charge on any atom is 0.128 e. The van der Waals surface area contributed by atoms with Gasteiger partial charge >= 0.3 is 0 Å². The molecular formula is C15H11BrFN. The van der Waals surface area contributed by atoms with E-state index in [-0.39, 0.29) is 5.82 Å². The van der Waals surface area contributed by atoms with Crippen LogP contribution in [-0.2, 0) is 6.54 Å². The summed E-state index contributed by atoms with van der Waals surface area (Å²) in [5.41, 5.74) is 1.81. The highest BCUT2D eigenvalue weighted by Crippen LogP contribution is 2.20. The smallest absolute Gasteiger partial charge is 0.128 e. The van der Waals surface area contributed by atoms with Crippen molar-refractivity contribution in [2.75, 3.05) is 0 Å². The van der Waals surface area contributed by atoms with Crippen LogP contribution in [0.15, 0.2) is 59.2 Å². The molecule has 0 aliphatic carbocycles. The molecule has 1 heterocycles. The largest absolute Gasteiger partial charge is 0.343 e. The van der Waals surface area contributed by atoms with Crippen molar-refractivity contribution in [1.82, 2.24) is 4.57 Å². The molecule has 0 radical (unpaired) electrons. The molecule has 0 bridgehead atoms. The zero-order valence-electron chi connectivity index (χ0n) is 9.61. The lowest BCUT2D eigenvalue weighted by molar-refractivity contribution is 0.601. The number of hydrogen-bond acceptors (Lipinski definition) is 0. The standard InChI is InChI=1S/C15H11BrFN/c16-13-5-6-14(17)12(9-13)10-18-8-7-11-3-1-2-4-15(11)18/h1-9H,10H2. The molecule has 18 heavy (non-hydrogen) atoms. The van der Waals surface area contributed by atoms with Gasteiger partial charge in [0.25, 0.3) is 0 Å². The van der Waals surface area contributed by atoms with Gasteiger partial charge in [-0.2, -0.15) is 0 Å². The van der Waals surface area contributed by atoms with Gasteiger partial charge in [0.1, 0.15) is 5.82 Å². The molecule has 0 aliphatic heterocycles. The van der Waals surface area contributed by atoms with E-state index in [9.17, 15) is 4.39 Å². The molecule has 0 unspecified atom stereocenters. The van der Waals surface area contributed by atoms with E-state index in [1.807, 2.05) is 36.5 Å². The predicted octanol–water partition coefficient (Wildman–Crippen LogP) is 4.59. The number of benzene rings is 2. The van der Waals surface area contributed by atoms with E-state index in [4.69, 9.17) is 0 Å². The Morgan fingerprint density at radius 3 is 2.78 bits per heavy atom. The van der Waals surface area contributed by atoms with Crippen LogP contribution in [0.25, 0.3) is 10.9 Å². The summed E-state index contributed by atoms with van der Waals surface area (Å²) in [6.07, 6.45) is 1.99. The van der Waals surface area contributed by atoms with Crippen molar-refractivity contribution in [1.29, 1.82) is 0 Å². The summed E-state index contributed by atoms with van der Waals surface area (Å²) in [6.45, 7) is 0.540. The average molecular weight is 304 g/mol. The number of aromatic nitrogens is 1. The van der Waals surface area contributed by atoms with Gasteiger partial charge in [-0.15, -0.1) is 0 Å². The number of fused-ring (bicyclic) bond motifs is 1. The highest BCUT2D eigenvalue weighted by atomic mass is 79.9. The third-order valence-electron chi connectivity index (χ3n) is 3.03. The van der Waals surface area contributed by atoms with E-state index in [1.165, 1.54) is 11.5 Å². The van der Waals surface area contributed by atoms with Crippen molar-refractivity contribution in [3.63, 3.8) is 0 Å². The fourth-order valence-corrected chi connectivity index (χ4v) is 2.53. The Kier molecular flexibility index (Phi) is 2.92. The molecule has 2 aromatic carbocycles. The topological polar surface area (TPSA) is 4.93 Å². The summed E-state index contributed by atoms with van der Waals surface area (Å²) in [5, 5.41) is 1.17. The van der Waals surface area contributed by atoms with Gasteiger partial charge in [-0.05, 0) is 35.7 Å². The molecule has 90 valence electrons. The van der Waals surface area contributed by atoms with Crippen molar-refractivity contribution >= 4 is 26.8 Å². The Balaban J connectivity index is 2.04. The van der Waals surface area contributed by atoms with Crippen molar-refractivity contribution < 1.29 is 4.39 Å². The maximum absolute atomic E-state index is 13.7. The van der Waals surface area contributed by atoms with Crippen molar-refractivity contribution in [3.05, 3.63) is 70.6 Å². The first-order chi connectivity index (χ1) is 8.74. The van der Waals surface area contributed by atoms with Crippen LogP contribution in [0.1, 0.15) is 5.56 Å². The van der Waals surface area contributed by atoms with E-state index in [0.29, 0.717) is 12.1 Å². The van der Waals surface area contributed by atoms with Gasteiger partial charge in [-0.3, -0.25) is 0 Å². The van der Waals surface area contributed by atoms with Gasteiger partial charge in [0.05, 0.1) is 6.54 Å². The Hall–Kier alpha value is -1.61. The van der Waals surface area contributed by atoms with Crippen molar-refractivity contribution in [2.45, 2.75) is 6.54 Å². The second-order valence-corrected chi connectivity index (χ2v) is 5.15. The van der Waals surface area contributed by atoms with Gasteiger partial charge in [0.2, 0.25) is 0 Å². The summed E-state index contributed by atoms with van der Waals surface area (Å²) in [7, 11) is 0. The monoisotopic (exact) mass is 303 g/mol. The Labute approximate surface area is 113 Å². The van der Waals surface area contributed by atoms with E-state index >= 15 is 0 Å². The molecule has 0 amide bonds. The molecule has 0 fully saturated rings. The van der Waals surface area contributed by atoms with E-state index in [1.54, 1.807) is 6.07 Å². The van der Waals surface area contributed by atoms with Crippen LogP contribution in [0.4, 0.5) is 4.39 Å². The first-order valence-electron chi connectivity index (χ1n) is 5.72. The third-order valence-corrected chi connectivity index (χ3v) is 3.52. The Morgan fingerprint density at radius 2 is 1.89 bits per heavy atom. The van der Waals surface area contributed by atoms with Gasteiger partial charge < -0.3 is 4.57 Å². The van der Waals surface area contributed by atoms with Crippen LogP contribution in [0.5, 0.6) is 0 Å². The highest BCUT2D eigenvalue weighted by Gasteiger charge is 2.06. The lowest BCUT2D eigenvalue weighted by Gasteiger charge is -2.07. The highest BCUT2D eigenvalue weighted by molar-refractivity contribution is 9.10. The van der Waals surface area contributed by atoms with Crippen LogP contribution in [-0.4, -0.2) is 4.57 Å². The number of halogens is 2. The van der Waals surface area contributed by atoms with Crippen molar-refractivity contribution in [2.24, 2.45) is 0 Å². The lowest BCUT2D eigenvalue weighted by atomic mass is 10.2. The fraction of sp³-hybridized carbons (Fsp3) is 0.0667. The SMILES string of the molecule is Fc1ccc(Br)cc1Cn1ccc2ccccc21. The number of nitrogens with zero attached hydrogens (tertiary/aromatic N) is 1. The molecule has 0 N–H and O–H groups in total. The minimum Gasteiger partial charge on any atom is -0.343 e. The molecule has 3 heteroatoms. The molecule has 1 aromatic heterocycles. The zero-order valence-corrected chi connectivity index (χ0v) is 11.2. The molecule has 0 atom stereocenters. The minimum atomic E-state index is -0.170. The Bertz CT molecular complexity index is 703. The van der Waals surface area contributed by atoms with Crippen LogP contribution >= 0.6 is 15.9 Å². The summed E-state index contributed by atoms with van der Waals surface area (Å²) in [4.78, 5) is 0. The average Bonchev–Trinajstić information content (AvgIpc) is 2.78. The normalized spacial score (nSPS) is 11.0. The molecule has 0 saturated heterocycles. The lowest BCUT2D eigenvalue weighted by Crippen LogP contribution is -2.00. The van der Waals surface area contributed by atoms with E-state index < -0.39 is 0 Å². The molecule has 3 rings (SSSR count). The van der Waals surface area contributed by atoms with Crippen LogP contribution in [0.2, 0.25) is 0 Å². The number of hydrogen-bond donors (Lipinski definition) is 0. The van der Waals surface area contributed by atoms with Gasteiger partial charge in [0.15, 0.2) is 0 Å². The minimum absolute atomic E-state index is 0.170. The van der Waals surface area contributed by atoms with E-state index in [2.05, 4.69) is 26.6 Å². The first kappa shape index (κ1) is 11.5. The molecule has 1 nitrogen and oxygen atoms in total. The van der Waals surface area contributed by atoms with Gasteiger partial charge in [-0.25, -0.2) is 4.39 Å². The third kappa shape index (κ3) is 2.06.